The third-order valence-corrected chi connectivity index (χ3v) is 7.52. The number of amides is 2. The summed E-state index contributed by atoms with van der Waals surface area (Å²) in [7, 11) is 0. The van der Waals surface area contributed by atoms with E-state index in [1.807, 2.05) is 18.2 Å². The summed E-state index contributed by atoms with van der Waals surface area (Å²) in [6, 6.07) is 29.4. The van der Waals surface area contributed by atoms with Gasteiger partial charge in [-0.1, -0.05) is 6.07 Å². The van der Waals surface area contributed by atoms with Crippen molar-refractivity contribution in [3.8, 4) is 0 Å². The molecule has 1 radical (unpaired) electrons. The van der Waals surface area contributed by atoms with Gasteiger partial charge in [-0.15, -0.1) is 0 Å². The van der Waals surface area contributed by atoms with Gasteiger partial charge in [-0.2, -0.15) is 0 Å². The molecule has 8 nitrogen and oxygen atoms in total. The van der Waals surface area contributed by atoms with Crippen molar-refractivity contribution in [1.82, 2.24) is 4.98 Å². The summed E-state index contributed by atoms with van der Waals surface area (Å²) < 4.78 is 0. The predicted molar refractivity (Wildman–Crippen MR) is 163 cm³/mol. The Morgan fingerprint density at radius 2 is 1.31 bits per heavy atom. The number of carbonyl (C=O) groups excluding carboxylic acids is 3. The summed E-state index contributed by atoms with van der Waals surface area (Å²) in [6.45, 7) is 1.59. The molecule has 2 heterocycles. The second kappa shape index (κ2) is 11.7. The zero-order valence-corrected chi connectivity index (χ0v) is 22.8. The lowest BCUT2D eigenvalue weighted by molar-refractivity contribution is 0.101. The largest absolute Gasteiger partial charge is 0.393 e. The Bertz CT molecular complexity index is 1730. The van der Waals surface area contributed by atoms with Crippen LogP contribution in [0.4, 0.5) is 17.1 Å². The number of aromatic nitrogens is 1. The summed E-state index contributed by atoms with van der Waals surface area (Å²) in [5.74, 6) is -0.664. The number of benzene rings is 4. The van der Waals surface area contributed by atoms with Gasteiger partial charge in [0, 0.05) is 75.6 Å². The molecule has 4 N–H and O–H groups in total. The third-order valence-electron chi connectivity index (χ3n) is 7.52. The minimum Gasteiger partial charge on any atom is -0.393 e. The maximum absolute atomic E-state index is 13.1. The van der Waals surface area contributed by atoms with E-state index in [0.717, 1.165) is 42.5 Å². The summed E-state index contributed by atoms with van der Waals surface area (Å²) in [5.41, 5.74) is 5.03. The number of carbonyl (C=O) groups is 3. The van der Waals surface area contributed by atoms with Crippen molar-refractivity contribution in [1.29, 1.82) is 0 Å². The molecule has 0 atom stereocenters. The Balaban J connectivity index is 1.05. The predicted octanol–water partition coefficient (Wildman–Crippen LogP) is 5.66. The number of anilines is 3. The van der Waals surface area contributed by atoms with E-state index < -0.39 is 0 Å². The van der Waals surface area contributed by atoms with E-state index in [1.54, 1.807) is 79.0 Å². The molecule has 209 valence electrons. The highest BCUT2D eigenvalue weighted by Gasteiger charge is 2.18. The molecular formula is C34H29N4O4. The fraction of sp³-hybridized carbons (Fsp3) is 0.147. The highest BCUT2D eigenvalue weighted by atomic mass is 16.3. The monoisotopic (exact) mass is 557 g/mol. The van der Waals surface area contributed by atoms with E-state index in [2.05, 4.69) is 26.6 Å². The van der Waals surface area contributed by atoms with E-state index in [-0.39, 0.29) is 23.7 Å². The van der Waals surface area contributed by atoms with Crippen LogP contribution < -0.4 is 15.5 Å². The van der Waals surface area contributed by atoms with Crippen LogP contribution in [0.2, 0.25) is 0 Å². The maximum atomic E-state index is 13.1. The number of piperidine rings is 1. The molecule has 5 aromatic rings. The quantitative estimate of drug-likeness (QED) is 0.193. The van der Waals surface area contributed by atoms with Crippen LogP contribution in [0.3, 0.4) is 0 Å². The molecule has 0 spiro atoms. The van der Waals surface area contributed by atoms with Crippen molar-refractivity contribution < 1.29 is 19.5 Å². The first-order valence-electron chi connectivity index (χ1n) is 13.8. The highest BCUT2D eigenvalue weighted by molar-refractivity contribution is 6.13. The number of H-pyrrole nitrogens is 1. The Kier molecular flexibility index (Phi) is 7.53. The van der Waals surface area contributed by atoms with Crippen LogP contribution in [0, 0.1) is 6.07 Å². The maximum Gasteiger partial charge on any atom is 0.256 e. The first kappa shape index (κ1) is 27.0. The number of nitrogens with zero attached hydrogens (tertiary/aromatic N) is 1. The molecule has 0 bridgehead atoms. The number of fused-ring (bicyclic) bond motifs is 1. The van der Waals surface area contributed by atoms with Gasteiger partial charge in [0.05, 0.1) is 6.10 Å². The van der Waals surface area contributed by atoms with Gasteiger partial charge >= 0.3 is 0 Å². The van der Waals surface area contributed by atoms with Gasteiger partial charge in [-0.25, -0.2) is 0 Å². The number of rotatable bonds is 7. The normalized spacial score (nSPS) is 13.6. The zero-order valence-electron chi connectivity index (χ0n) is 22.8. The molecule has 1 aromatic heterocycles. The fourth-order valence-electron chi connectivity index (χ4n) is 5.13. The van der Waals surface area contributed by atoms with Crippen molar-refractivity contribution in [2.75, 3.05) is 28.6 Å². The number of hydrogen-bond donors (Lipinski definition) is 4. The Labute approximate surface area is 243 Å². The van der Waals surface area contributed by atoms with Gasteiger partial charge in [0.1, 0.15) is 0 Å². The standard InChI is InChI=1S/C34H29N4O4/c39-28-17-20-38(21-18-28)27-14-8-24(9-15-27)33(41)36-25-10-4-22(5-11-25)32(40)23-6-12-26(13-7-23)37-34(42)30-2-1-3-31-29(30)16-19-35-31/h1-15,19,28,35,39H,17-18,20-21H2,(H,36,41)(H,37,42). The van der Waals surface area contributed by atoms with Crippen LogP contribution in [0.25, 0.3) is 10.9 Å². The lowest BCUT2D eigenvalue weighted by Crippen LogP contribution is -2.35. The number of ketones is 1. The summed E-state index contributed by atoms with van der Waals surface area (Å²) in [4.78, 5) is 43.9. The van der Waals surface area contributed by atoms with Gasteiger partial charge in [-0.05, 0) is 97.8 Å². The molecular weight excluding hydrogens is 528 g/mol. The lowest BCUT2D eigenvalue weighted by atomic mass is 10.0. The number of aliphatic hydroxyl groups is 1. The van der Waals surface area contributed by atoms with Crippen LogP contribution >= 0.6 is 0 Å². The van der Waals surface area contributed by atoms with Crippen molar-refractivity contribution in [2.24, 2.45) is 0 Å². The van der Waals surface area contributed by atoms with Gasteiger partial charge in [0.25, 0.3) is 11.8 Å². The molecule has 1 aliphatic rings. The minimum atomic E-state index is -0.258. The molecule has 1 aliphatic heterocycles. The molecule has 1 fully saturated rings. The number of aromatic amines is 1. The van der Waals surface area contributed by atoms with Crippen molar-refractivity contribution in [3.63, 3.8) is 0 Å². The first-order valence-corrected chi connectivity index (χ1v) is 13.8. The second-order valence-electron chi connectivity index (χ2n) is 10.3. The summed E-state index contributed by atoms with van der Waals surface area (Å²) in [6.07, 6.45) is 2.93. The SMILES string of the molecule is O=C(Nc1ccc(C(=O)c2ccc(NC(=O)c3cccc4[nH]c[c]c34)cc2)cc1)c1ccc(N2CCC(O)CC2)cc1. The fourth-order valence-corrected chi connectivity index (χ4v) is 5.13. The Morgan fingerprint density at radius 3 is 1.93 bits per heavy atom. The molecule has 0 unspecified atom stereocenters. The molecule has 0 aliphatic carbocycles. The van der Waals surface area contributed by atoms with Crippen LogP contribution in [0.5, 0.6) is 0 Å². The van der Waals surface area contributed by atoms with E-state index in [9.17, 15) is 19.5 Å². The van der Waals surface area contributed by atoms with E-state index in [4.69, 9.17) is 0 Å². The number of hydrogen-bond acceptors (Lipinski definition) is 5. The molecule has 42 heavy (non-hydrogen) atoms. The van der Waals surface area contributed by atoms with E-state index >= 15 is 0 Å². The third kappa shape index (κ3) is 5.80. The van der Waals surface area contributed by atoms with Crippen LogP contribution in [-0.2, 0) is 0 Å². The van der Waals surface area contributed by atoms with Crippen LogP contribution in [0.1, 0.15) is 49.5 Å². The van der Waals surface area contributed by atoms with Crippen LogP contribution in [0.15, 0.2) is 97.2 Å². The molecule has 0 saturated carbocycles. The molecule has 1 saturated heterocycles. The van der Waals surface area contributed by atoms with Gasteiger partial charge < -0.3 is 25.6 Å². The molecule has 8 heteroatoms. The minimum absolute atomic E-state index is 0.168. The Morgan fingerprint density at radius 1 is 0.738 bits per heavy atom. The van der Waals surface area contributed by atoms with E-state index in [1.165, 1.54) is 0 Å². The smallest absolute Gasteiger partial charge is 0.256 e. The van der Waals surface area contributed by atoms with Crippen molar-refractivity contribution in [2.45, 2.75) is 18.9 Å². The second-order valence-corrected chi connectivity index (χ2v) is 10.3. The average Bonchev–Trinajstić information content (AvgIpc) is 3.51. The lowest BCUT2D eigenvalue weighted by Gasteiger charge is -2.31. The summed E-state index contributed by atoms with van der Waals surface area (Å²) in [5, 5.41) is 16.2. The highest BCUT2D eigenvalue weighted by Crippen LogP contribution is 2.22. The van der Waals surface area contributed by atoms with Gasteiger partial charge in [0.15, 0.2) is 5.78 Å². The number of aliphatic hydroxyl groups excluding tert-OH is 1. The first-order chi connectivity index (χ1) is 20.4. The van der Waals surface area contributed by atoms with Crippen molar-refractivity contribution >= 4 is 45.6 Å². The average molecular weight is 558 g/mol. The summed E-state index contributed by atoms with van der Waals surface area (Å²) >= 11 is 0. The molecule has 6 rings (SSSR count). The topological polar surface area (TPSA) is 115 Å². The number of nitrogens with one attached hydrogen (secondary N) is 3. The molecule has 4 aromatic carbocycles. The van der Waals surface area contributed by atoms with Gasteiger partial charge in [-0.3, -0.25) is 14.4 Å². The van der Waals surface area contributed by atoms with Gasteiger partial charge in [0.2, 0.25) is 0 Å². The molecule has 2 amide bonds. The van der Waals surface area contributed by atoms with Crippen molar-refractivity contribution in [3.05, 3.63) is 126 Å². The van der Waals surface area contributed by atoms with E-state index in [0.29, 0.717) is 33.6 Å². The zero-order chi connectivity index (χ0) is 29.1. The Hall–Kier alpha value is -5.21. The van der Waals surface area contributed by atoms with Crippen LogP contribution in [-0.4, -0.2) is 46.9 Å².